The summed E-state index contributed by atoms with van der Waals surface area (Å²) < 4.78 is 17.1. The molecule has 6 heteroatoms. The number of hydrogen-bond donors (Lipinski definition) is 1. The number of furan rings is 1. The maximum atomic E-state index is 12.8. The Bertz CT molecular complexity index is 1430. The molecule has 178 valence electrons. The largest absolute Gasteiger partial charge is 0.497 e. The Labute approximate surface area is 204 Å². The molecule has 4 rings (SSSR count). The van der Waals surface area contributed by atoms with E-state index in [1.165, 1.54) is 13.0 Å². The van der Waals surface area contributed by atoms with E-state index < -0.39 is 0 Å². The van der Waals surface area contributed by atoms with Crippen molar-refractivity contribution < 1.29 is 23.5 Å². The predicted molar refractivity (Wildman–Crippen MR) is 138 cm³/mol. The van der Waals surface area contributed by atoms with Gasteiger partial charge in [-0.1, -0.05) is 24.3 Å². The maximum Gasteiger partial charge on any atom is 0.248 e. The average molecular weight is 470 g/mol. The van der Waals surface area contributed by atoms with Gasteiger partial charge in [-0.15, -0.1) is 0 Å². The van der Waals surface area contributed by atoms with Crippen molar-refractivity contribution in [3.63, 3.8) is 0 Å². The molecule has 6 nitrogen and oxygen atoms in total. The number of Topliss-reactive ketones (excluding diaryl/α,β-unsaturated/α-hetero) is 1. The van der Waals surface area contributed by atoms with Gasteiger partial charge in [0.25, 0.3) is 0 Å². The Hall–Kier alpha value is -4.32. The van der Waals surface area contributed by atoms with E-state index in [1.807, 2.05) is 50.2 Å². The normalized spacial score (nSPS) is 11.4. The van der Waals surface area contributed by atoms with Crippen LogP contribution in [0, 0.1) is 0 Å². The van der Waals surface area contributed by atoms with Crippen molar-refractivity contribution in [2.75, 3.05) is 19.0 Å². The Morgan fingerprint density at radius 3 is 2.57 bits per heavy atom. The Morgan fingerprint density at radius 1 is 1.03 bits per heavy atom. The summed E-state index contributed by atoms with van der Waals surface area (Å²) in [5.41, 5.74) is 5.18. The maximum absolute atomic E-state index is 12.8. The summed E-state index contributed by atoms with van der Waals surface area (Å²) in [6.45, 7) is 5.73. The van der Waals surface area contributed by atoms with Crippen molar-refractivity contribution >= 4 is 33.9 Å². The summed E-state index contributed by atoms with van der Waals surface area (Å²) in [7, 11) is 1.63. The molecule has 0 bridgehead atoms. The van der Waals surface area contributed by atoms with Gasteiger partial charge in [0, 0.05) is 39.9 Å². The number of allylic oxidation sites excluding steroid dienone is 1. The fraction of sp³-hybridized carbons (Fsp3) is 0.172. The third kappa shape index (κ3) is 5.27. The zero-order chi connectivity index (χ0) is 24.9. The van der Waals surface area contributed by atoms with E-state index in [1.54, 1.807) is 37.6 Å². The number of amides is 1. The molecular weight excluding hydrogens is 442 g/mol. The van der Waals surface area contributed by atoms with Crippen molar-refractivity contribution in [3.05, 3.63) is 84.1 Å². The third-order valence-corrected chi connectivity index (χ3v) is 5.67. The van der Waals surface area contributed by atoms with Crippen LogP contribution in [0.25, 0.3) is 27.7 Å². The molecule has 0 spiro atoms. The Morgan fingerprint density at radius 2 is 1.83 bits per heavy atom. The first kappa shape index (κ1) is 23.8. The summed E-state index contributed by atoms with van der Waals surface area (Å²) in [5, 5.41) is 3.73. The third-order valence-electron chi connectivity index (χ3n) is 5.67. The lowest BCUT2D eigenvalue weighted by Gasteiger charge is -2.12. The first-order chi connectivity index (χ1) is 16.9. The van der Waals surface area contributed by atoms with Gasteiger partial charge in [-0.25, -0.2) is 0 Å². The minimum absolute atomic E-state index is 0.0607. The van der Waals surface area contributed by atoms with Gasteiger partial charge in [0.15, 0.2) is 5.78 Å². The SMILES string of the molecule is CCOc1cc2occ(-c3cccc(OC)c3)c2cc1/C(C)=C/C(=O)Nc1cccc(C(C)=O)c1. The summed E-state index contributed by atoms with van der Waals surface area (Å²) in [5.74, 6) is 1.02. The highest BCUT2D eigenvalue weighted by Crippen LogP contribution is 2.38. The van der Waals surface area contributed by atoms with Crippen molar-refractivity contribution in [1.29, 1.82) is 0 Å². The molecule has 0 unspecified atom stereocenters. The molecule has 0 atom stereocenters. The van der Waals surface area contributed by atoms with Gasteiger partial charge in [0.2, 0.25) is 5.91 Å². The molecule has 1 N–H and O–H groups in total. The van der Waals surface area contributed by atoms with E-state index in [0.717, 1.165) is 33.4 Å². The average Bonchev–Trinajstić information content (AvgIpc) is 3.26. The quantitative estimate of drug-likeness (QED) is 0.228. The second-order valence-electron chi connectivity index (χ2n) is 8.11. The highest BCUT2D eigenvalue weighted by molar-refractivity contribution is 6.06. The molecule has 0 aliphatic heterocycles. The summed E-state index contributed by atoms with van der Waals surface area (Å²) in [6, 6.07) is 18.5. The molecule has 0 radical (unpaired) electrons. The molecule has 1 heterocycles. The second-order valence-corrected chi connectivity index (χ2v) is 8.11. The molecule has 0 saturated carbocycles. The highest BCUT2D eigenvalue weighted by Gasteiger charge is 2.16. The smallest absolute Gasteiger partial charge is 0.248 e. The summed E-state index contributed by atoms with van der Waals surface area (Å²) in [6.07, 6.45) is 3.24. The zero-order valence-corrected chi connectivity index (χ0v) is 20.2. The van der Waals surface area contributed by atoms with E-state index in [-0.39, 0.29) is 11.7 Å². The number of anilines is 1. The van der Waals surface area contributed by atoms with Crippen LogP contribution in [0.5, 0.6) is 11.5 Å². The number of ether oxygens (including phenoxy) is 2. The molecule has 0 aliphatic carbocycles. The molecule has 1 amide bonds. The minimum atomic E-state index is -0.300. The van der Waals surface area contributed by atoms with Crippen LogP contribution in [0.3, 0.4) is 0 Å². The first-order valence-electron chi connectivity index (χ1n) is 11.3. The Balaban J connectivity index is 1.71. The Kier molecular flexibility index (Phi) is 7.01. The van der Waals surface area contributed by atoms with E-state index >= 15 is 0 Å². The first-order valence-corrected chi connectivity index (χ1v) is 11.3. The minimum Gasteiger partial charge on any atom is -0.497 e. The van der Waals surface area contributed by atoms with Gasteiger partial charge in [-0.3, -0.25) is 9.59 Å². The lowest BCUT2D eigenvalue weighted by molar-refractivity contribution is -0.111. The fourth-order valence-electron chi connectivity index (χ4n) is 3.92. The standard InChI is InChI=1S/C29H27NO5/c1-5-34-27-16-28-25(26(17-35-28)21-9-7-11-23(14-21)33-4)15-24(27)18(2)12-29(32)30-22-10-6-8-20(13-22)19(3)31/h6-17H,5H2,1-4H3,(H,30,32)/b18-12+. The van der Waals surface area contributed by atoms with Crippen molar-refractivity contribution in [2.45, 2.75) is 20.8 Å². The molecule has 0 saturated heterocycles. The van der Waals surface area contributed by atoms with Crippen LogP contribution in [0.15, 0.2) is 77.4 Å². The number of hydrogen-bond acceptors (Lipinski definition) is 5. The van der Waals surface area contributed by atoms with Crippen molar-refractivity contribution in [1.82, 2.24) is 0 Å². The van der Waals surface area contributed by atoms with Gasteiger partial charge in [-0.2, -0.15) is 0 Å². The van der Waals surface area contributed by atoms with E-state index in [4.69, 9.17) is 13.9 Å². The van der Waals surface area contributed by atoms with Crippen LogP contribution in [-0.4, -0.2) is 25.4 Å². The number of methoxy groups -OCH3 is 1. The summed E-state index contributed by atoms with van der Waals surface area (Å²) in [4.78, 5) is 24.4. The van der Waals surface area contributed by atoms with E-state index in [2.05, 4.69) is 5.32 Å². The fourth-order valence-corrected chi connectivity index (χ4v) is 3.92. The number of rotatable bonds is 8. The van der Waals surface area contributed by atoms with Gasteiger partial charge in [0.1, 0.15) is 17.1 Å². The number of carbonyl (C=O) groups excluding carboxylic acids is 2. The van der Waals surface area contributed by atoms with Crippen LogP contribution >= 0.6 is 0 Å². The number of fused-ring (bicyclic) bond motifs is 1. The van der Waals surface area contributed by atoms with Crippen LogP contribution < -0.4 is 14.8 Å². The van der Waals surface area contributed by atoms with Crippen LogP contribution in [0.4, 0.5) is 5.69 Å². The molecule has 4 aromatic rings. The summed E-state index contributed by atoms with van der Waals surface area (Å²) >= 11 is 0. The van der Waals surface area contributed by atoms with Gasteiger partial charge in [0.05, 0.1) is 20.0 Å². The molecular formula is C29H27NO5. The van der Waals surface area contributed by atoms with Crippen LogP contribution in [0.2, 0.25) is 0 Å². The number of benzene rings is 3. The molecule has 1 aromatic heterocycles. The number of ketones is 1. The molecule has 0 fully saturated rings. The monoisotopic (exact) mass is 469 g/mol. The molecule has 3 aromatic carbocycles. The number of nitrogens with one attached hydrogen (secondary N) is 1. The topological polar surface area (TPSA) is 77.8 Å². The van der Waals surface area contributed by atoms with Crippen LogP contribution in [-0.2, 0) is 4.79 Å². The van der Waals surface area contributed by atoms with Gasteiger partial charge < -0.3 is 19.2 Å². The zero-order valence-electron chi connectivity index (χ0n) is 20.2. The van der Waals surface area contributed by atoms with Crippen molar-refractivity contribution in [2.24, 2.45) is 0 Å². The lowest BCUT2D eigenvalue weighted by atomic mass is 9.99. The van der Waals surface area contributed by atoms with E-state index in [0.29, 0.717) is 29.2 Å². The second kappa shape index (κ2) is 10.3. The number of carbonyl (C=O) groups is 2. The van der Waals surface area contributed by atoms with E-state index in [9.17, 15) is 9.59 Å². The molecule has 0 aliphatic rings. The van der Waals surface area contributed by atoms with Crippen LogP contribution in [0.1, 0.15) is 36.7 Å². The predicted octanol–water partition coefficient (Wildman–Crippen LogP) is 6.75. The lowest BCUT2D eigenvalue weighted by Crippen LogP contribution is -2.09. The van der Waals surface area contributed by atoms with Crippen molar-refractivity contribution in [3.8, 4) is 22.6 Å². The molecule has 35 heavy (non-hydrogen) atoms. The van der Waals surface area contributed by atoms with Gasteiger partial charge in [-0.05, 0) is 62.2 Å². The van der Waals surface area contributed by atoms with Gasteiger partial charge >= 0.3 is 0 Å². The highest BCUT2D eigenvalue weighted by atomic mass is 16.5.